The number of rotatable bonds is 4. The zero-order valence-electron chi connectivity index (χ0n) is 14.3. The SMILES string of the molecule is Cc1occc1C(=O)Cc1nc2sc(C)c(-c3ccccc3)c2c(=O)[nH]1. The van der Waals surface area contributed by atoms with Crippen LogP contribution in [0.25, 0.3) is 21.3 Å². The summed E-state index contributed by atoms with van der Waals surface area (Å²) in [4.78, 5) is 34.1. The monoisotopic (exact) mass is 364 g/mol. The van der Waals surface area contributed by atoms with E-state index in [-0.39, 0.29) is 17.8 Å². The second kappa shape index (κ2) is 6.38. The number of benzene rings is 1. The van der Waals surface area contributed by atoms with Crippen LogP contribution < -0.4 is 5.56 Å². The van der Waals surface area contributed by atoms with Crippen LogP contribution in [0.5, 0.6) is 0 Å². The van der Waals surface area contributed by atoms with Crippen molar-refractivity contribution >= 4 is 27.3 Å². The number of fused-ring (bicyclic) bond motifs is 1. The molecular formula is C20H16N2O3S. The van der Waals surface area contributed by atoms with Crippen LogP contribution in [0.1, 0.15) is 26.8 Å². The van der Waals surface area contributed by atoms with E-state index in [4.69, 9.17) is 4.42 Å². The first kappa shape index (κ1) is 16.5. The number of carbonyl (C=O) groups is 1. The van der Waals surface area contributed by atoms with Crippen molar-refractivity contribution in [2.45, 2.75) is 20.3 Å². The molecule has 0 unspecified atom stereocenters. The third kappa shape index (κ3) is 2.78. The molecule has 0 saturated carbocycles. The van der Waals surface area contributed by atoms with Crippen molar-refractivity contribution in [2.24, 2.45) is 0 Å². The number of furan rings is 1. The van der Waals surface area contributed by atoms with Crippen LogP contribution in [-0.4, -0.2) is 15.8 Å². The van der Waals surface area contributed by atoms with Gasteiger partial charge in [-0.3, -0.25) is 9.59 Å². The molecule has 0 atom stereocenters. The number of carbonyl (C=O) groups excluding carboxylic acids is 1. The molecule has 0 aliphatic carbocycles. The van der Waals surface area contributed by atoms with Crippen molar-refractivity contribution in [1.82, 2.24) is 9.97 Å². The van der Waals surface area contributed by atoms with Crippen molar-refractivity contribution in [3.8, 4) is 11.1 Å². The smallest absolute Gasteiger partial charge is 0.260 e. The summed E-state index contributed by atoms with van der Waals surface area (Å²) >= 11 is 1.47. The van der Waals surface area contributed by atoms with Crippen LogP contribution in [0.4, 0.5) is 0 Å². The molecule has 26 heavy (non-hydrogen) atoms. The molecule has 130 valence electrons. The number of thiophene rings is 1. The number of ketones is 1. The lowest BCUT2D eigenvalue weighted by molar-refractivity contribution is 0.0989. The van der Waals surface area contributed by atoms with E-state index in [0.29, 0.717) is 27.4 Å². The number of aromatic nitrogens is 2. The molecular weight excluding hydrogens is 348 g/mol. The van der Waals surface area contributed by atoms with Gasteiger partial charge in [0.1, 0.15) is 16.4 Å². The minimum atomic E-state index is -0.218. The van der Waals surface area contributed by atoms with Crippen molar-refractivity contribution < 1.29 is 9.21 Å². The molecule has 6 heteroatoms. The zero-order chi connectivity index (χ0) is 18.3. The number of Topliss-reactive ketones (excluding diaryl/α,β-unsaturated/α-hetero) is 1. The van der Waals surface area contributed by atoms with Gasteiger partial charge in [-0.1, -0.05) is 30.3 Å². The highest BCUT2D eigenvalue weighted by Gasteiger charge is 2.18. The number of aryl methyl sites for hydroxylation is 2. The quantitative estimate of drug-likeness (QED) is 0.548. The van der Waals surface area contributed by atoms with Gasteiger partial charge < -0.3 is 9.40 Å². The summed E-state index contributed by atoms with van der Waals surface area (Å²) in [6, 6.07) is 11.4. The number of hydrogen-bond donors (Lipinski definition) is 1. The third-order valence-electron chi connectivity index (χ3n) is 4.34. The number of hydrogen-bond acceptors (Lipinski definition) is 5. The van der Waals surface area contributed by atoms with Crippen molar-refractivity contribution in [2.75, 3.05) is 0 Å². The van der Waals surface area contributed by atoms with Gasteiger partial charge in [0.25, 0.3) is 5.56 Å². The summed E-state index contributed by atoms with van der Waals surface area (Å²) in [5.41, 5.74) is 2.19. The van der Waals surface area contributed by atoms with Gasteiger partial charge in [0, 0.05) is 10.4 Å². The molecule has 0 amide bonds. The van der Waals surface area contributed by atoms with Crippen LogP contribution in [-0.2, 0) is 6.42 Å². The third-order valence-corrected chi connectivity index (χ3v) is 5.34. The van der Waals surface area contributed by atoms with Gasteiger partial charge >= 0.3 is 0 Å². The Morgan fingerprint density at radius 3 is 2.65 bits per heavy atom. The molecule has 4 aromatic rings. The first-order valence-corrected chi connectivity index (χ1v) is 9.01. The molecule has 5 nitrogen and oxygen atoms in total. The van der Waals surface area contributed by atoms with Gasteiger partial charge in [-0.05, 0) is 25.5 Å². The molecule has 0 bridgehead atoms. The molecule has 0 aliphatic heterocycles. The Morgan fingerprint density at radius 1 is 1.19 bits per heavy atom. The molecule has 0 saturated heterocycles. The topological polar surface area (TPSA) is 76.0 Å². The number of H-pyrrole nitrogens is 1. The Bertz CT molecular complexity index is 1170. The predicted molar refractivity (Wildman–Crippen MR) is 102 cm³/mol. The molecule has 1 N–H and O–H groups in total. The Morgan fingerprint density at radius 2 is 1.96 bits per heavy atom. The second-order valence-corrected chi connectivity index (χ2v) is 7.29. The summed E-state index contributed by atoms with van der Waals surface area (Å²) in [7, 11) is 0. The van der Waals surface area contributed by atoms with Crippen LogP contribution in [0.2, 0.25) is 0 Å². The minimum absolute atomic E-state index is 0.0309. The van der Waals surface area contributed by atoms with E-state index in [0.717, 1.165) is 16.0 Å². The predicted octanol–water partition coefficient (Wildman–Crippen LogP) is 4.29. The van der Waals surface area contributed by atoms with Gasteiger partial charge in [0.05, 0.1) is 23.6 Å². The summed E-state index contributed by atoms with van der Waals surface area (Å²) in [6.07, 6.45) is 1.51. The average Bonchev–Trinajstić information content (AvgIpc) is 3.18. The Kier molecular flexibility index (Phi) is 4.05. The van der Waals surface area contributed by atoms with E-state index >= 15 is 0 Å². The highest BCUT2D eigenvalue weighted by atomic mass is 32.1. The normalized spacial score (nSPS) is 11.2. The van der Waals surface area contributed by atoms with Crippen LogP contribution in [0.3, 0.4) is 0 Å². The number of aromatic amines is 1. The minimum Gasteiger partial charge on any atom is -0.469 e. The van der Waals surface area contributed by atoms with E-state index in [1.807, 2.05) is 37.3 Å². The summed E-state index contributed by atoms with van der Waals surface area (Å²) in [6.45, 7) is 3.72. The van der Waals surface area contributed by atoms with Crippen molar-refractivity contribution in [3.05, 3.63) is 75.0 Å². The van der Waals surface area contributed by atoms with E-state index in [9.17, 15) is 9.59 Å². The maximum Gasteiger partial charge on any atom is 0.260 e. The number of nitrogens with one attached hydrogen (secondary N) is 1. The van der Waals surface area contributed by atoms with Crippen LogP contribution in [0.15, 0.2) is 51.9 Å². The fourth-order valence-electron chi connectivity index (χ4n) is 3.12. The lowest BCUT2D eigenvalue weighted by atomic mass is 10.0. The van der Waals surface area contributed by atoms with Crippen molar-refractivity contribution in [3.63, 3.8) is 0 Å². The van der Waals surface area contributed by atoms with E-state index in [1.54, 1.807) is 13.0 Å². The molecule has 3 aromatic heterocycles. The molecule has 3 heterocycles. The Hall–Kier alpha value is -2.99. The summed E-state index contributed by atoms with van der Waals surface area (Å²) in [5.74, 6) is 0.807. The molecule has 1 aromatic carbocycles. The maximum atomic E-state index is 12.7. The highest BCUT2D eigenvalue weighted by molar-refractivity contribution is 7.19. The number of nitrogens with zero attached hydrogens (tertiary/aromatic N) is 1. The molecule has 0 spiro atoms. The molecule has 4 rings (SSSR count). The highest BCUT2D eigenvalue weighted by Crippen LogP contribution is 2.35. The van der Waals surface area contributed by atoms with Crippen molar-refractivity contribution in [1.29, 1.82) is 0 Å². The lowest BCUT2D eigenvalue weighted by Gasteiger charge is -2.03. The molecule has 0 radical (unpaired) electrons. The van der Waals surface area contributed by atoms with E-state index < -0.39 is 0 Å². The summed E-state index contributed by atoms with van der Waals surface area (Å²) < 4.78 is 5.17. The first-order valence-electron chi connectivity index (χ1n) is 8.19. The van der Waals surface area contributed by atoms with Gasteiger partial charge in [0.2, 0.25) is 0 Å². The largest absolute Gasteiger partial charge is 0.469 e. The summed E-state index contributed by atoms with van der Waals surface area (Å²) in [5, 5.41) is 0.578. The van der Waals surface area contributed by atoms with Gasteiger partial charge in [-0.2, -0.15) is 0 Å². The molecule has 0 fully saturated rings. The first-order chi connectivity index (χ1) is 12.5. The van der Waals surface area contributed by atoms with Gasteiger partial charge in [0.15, 0.2) is 5.78 Å². The molecule has 0 aliphatic rings. The van der Waals surface area contributed by atoms with E-state index in [2.05, 4.69) is 9.97 Å². The van der Waals surface area contributed by atoms with Gasteiger partial charge in [-0.25, -0.2) is 4.98 Å². The zero-order valence-corrected chi connectivity index (χ0v) is 15.1. The van der Waals surface area contributed by atoms with E-state index in [1.165, 1.54) is 17.6 Å². The lowest BCUT2D eigenvalue weighted by Crippen LogP contribution is -2.15. The maximum absolute atomic E-state index is 12.7. The van der Waals surface area contributed by atoms with Gasteiger partial charge in [-0.15, -0.1) is 11.3 Å². The Balaban J connectivity index is 1.78. The fourth-order valence-corrected chi connectivity index (χ4v) is 4.19. The second-order valence-electron chi connectivity index (χ2n) is 6.08. The van der Waals surface area contributed by atoms with Crippen LogP contribution >= 0.6 is 11.3 Å². The fraction of sp³-hybridized carbons (Fsp3) is 0.150. The standard InChI is InChI=1S/C20H16N2O3S/c1-11-14(8-9-25-11)15(23)10-16-21-19(24)18-17(12(2)26-20(18)22-16)13-6-4-3-5-7-13/h3-9H,10H2,1-2H3,(H,21,22,24). The van der Waals surface area contributed by atoms with Crippen LogP contribution in [0, 0.1) is 13.8 Å². The Labute approximate surface area is 153 Å². The average molecular weight is 364 g/mol.